The Bertz CT molecular complexity index is 1270. The fourth-order valence-corrected chi connectivity index (χ4v) is 8.75. The Labute approximate surface area is 243 Å². The molecule has 0 radical (unpaired) electrons. The molecule has 3 aliphatic carbocycles. The lowest BCUT2D eigenvalue weighted by atomic mass is 9.45. The van der Waals surface area contributed by atoms with Gasteiger partial charge in [-0.25, -0.2) is 4.79 Å². The van der Waals surface area contributed by atoms with E-state index in [0.29, 0.717) is 12.0 Å². The van der Waals surface area contributed by atoms with E-state index >= 15 is 0 Å². The highest BCUT2D eigenvalue weighted by molar-refractivity contribution is 7.10. The van der Waals surface area contributed by atoms with Crippen molar-refractivity contribution < 1.29 is 49.0 Å². The van der Waals surface area contributed by atoms with Crippen LogP contribution in [0.3, 0.4) is 0 Å². The second kappa shape index (κ2) is 9.96. The van der Waals surface area contributed by atoms with Crippen LogP contribution in [-0.4, -0.2) is 86.5 Å². The second-order valence-electron chi connectivity index (χ2n) is 13.0. The zero-order chi connectivity index (χ0) is 30.3. The molecule has 1 saturated heterocycles. The lowest BCUT2D eigenvalue weighted by Crippen LogP contribution is -2.78. The van der Waals surface area contributed by atoms with E-state index in [-0.39, 0.29) is 25.0 Å². The number of rotatable bonds is 5. The fraction of sp³-hybridized carbons (Fsp3) is 0.700. The summed E-state index contributed by atoms with van der Waals surface area (Å²) in [5, 5.41) is 48.9. The molecule has 3 fully saturated rings. The molecule has 2 bridgehead atoms. The Kier molecular flexibility index (Phi) is 7.36. The smallest absolute Gasteiger partial charge is 0.336 e. The lowest BCUT2D eigenvalue weighted by molar-refractivity contribution is -0.331. The van der Waals surface area contributed by atoms with Crippen molar-refractivity contribution >= 4 is 29.1 Å². The number of Topliss-reactive ketones (excluding diaryl/α,β-unsaturated/α-hetero) is 1. The van der Waals surface area contributed by atoms with E-state index in [9.17, 15) is 34.8 Å². The normalized spacial score (nSPS) is 41.1. The van der Waals surface area contributed by atoms with Gasteiger partial charge in [0, 0.05) is 40.9 Å². The average molecular weight is 593 g/mol. The molecule has 226 valence electrons. The van der Waals surface area contributed by atoms with E-state index in [4.69, 9.17) is 14.2 Å². The van der Waals surface area contributed by atoms with Gasteiger partial charge >= 0.3 is 11.9 Å². The third-order valence-electron chi connectivity index (χ3n) is 10.5. The quantitative estimate of drug-likeness (QED) is 0.294. The van der Waals surface area contributed by atoms with Crippen LogP contribution in [-0.2, 0) is 28.6 Å². The van der Waals surface area contributed by atoms with Crippen LogP contribution in [0.15, 0.2) is 28.7 Å². The predicted octanol–water partition coefficient (Wildman–Crippen LogP) is 2.02. The minimum atomic E-state index is -2.00. The Morgan fingerprint density at radius 2 is 1.88 bits per heavy atom. The minimum Gasteiger partial charge on any atom is -0.459 e. The van der Waals surface area contributed by atoms with Crippen molar-refractivity contribution in [3.8, 4) is 0 Å². The molecule has 1 unspecified atom stereocenters. The molecule has 11 heteroatoms. The molecule has 1 aromatic rings. The molecule has 0 spiro atoms. The molecule has 4 N–H and O–H groups in total. The Morgan fingerprint density at radius 3 is 2.44 bits per heavy atom. The number of thiophene rings is 1. The van der Waals surface area contributed by atoms with Gasteiger partial charge in [0.05, 0.1) is 12.7 Å². The predicted molar refractivity (Wildman–Crippen MR) is 147 cm³/mol. The van der Waals surface area contributed by atoms with Crippen LogP contribution in [0.5, 0.6) is 0 Å². The zero-order valence-corrected chi connectivity index (χ0v) is 25.1. The third-order valence-corrected chi connectivity index (χ3v) is 11.6. The van der Waals surface area contributed by atoms with Crippen molar-refractivity contribution in [2.75, 3.05) is 6.61 Å². The topological polar surface area (TPSA) is 160 Å². The summed E-state index contributed by atoms with van der Waals surface area (Å²) in [4.78, 5) is 40.8. The molecule has 4 aliphatic rings. The average Bonchev–Trinajstić information content (AvgIpc) is 3.43. The highest BCUT2D eigenvalue weighted by Gasteiger charge is 2.74. The summed E-state index contributed by atoms with van der Waals surface area (Å²) in [5.41, 5.74) is -5.75. The van der Waals surface area contributed by atoms with Gasteiger partial charge in [-0.05, 0) is 42.4 Å². The van der Waals surface area contributed by atoms with Gasteiger partial charge in [-0.3, -0.25) is 9.59 Å². The van der Waals surface area contributed by atoms with Crippen LogP contribution in [0.4, 0.5) is 0 Å². The van der Waals surface area contributed by atoms with Crippen LogP contribution >= 0.6 is 11.3 Å². The summed E-state index contributed by atoms with van der Waals surface area (Å²) in [7, 11) is 0. The fourth-order valence-electron chi connectivity index (χ4n) is 7.94. The number of aliphatic hydroxyl groups excluding tert-OH is 2. The van der Waals surface area contributed by atoms with Gasteiger partial charge < -0.3 is 34.6 Å². The number of ketones is 1. The van der Waals surface area contributed by atoms with E-state index in [0.717, 1.165) is 4.88 Å². The maximum absolute atomic E-state index is 14.2. The van der Waals surface area contributed by atoms with Gasteiger partial charge in [0.25, 0.3) is 0 Å². The van der Waals surface area contributed by atoms with Crippen LogP contribution < -0.4 is 0 Å². The third kappa shape index (κ3) is 4.26. The first-order valence-electron chi connectivity index (χ1n) is 14.1. The lowest BCUT2D eigenvalue weighted by Gasteiger charge is -2.66. The molecule has 1 aromatic heterocycles. The SMILES string of the molecule is CC(=O)O[C@H]1[C@@H]2[C@]3(O)CO[C@@H]3CC[C@@]2(C)C(=O)[C@H](O)C2=C(C)C(OC(=O)[C@H](O)[C@@H](C)c3cccs3)C[C@]1(O)C2(C)C. The first kappa shape index (κ1) is 30.3. The molecular weight excluding hydrogens is 552 g/mol. The first-order valence-corrected chi connectivity index (χ1v) is 15.0. The molecule has 2 heterocycles. The number of carbonyl (C=O) groups is 3. The molecule has 0 amide bonds. The number of hydrogen-bond donors (Lipinski definition) is 4. The molecule has 41 heavy (non-hydrogen) atoms. The van der Waals surface area contributed by atoms with E-state index in [1.165, 1.54) is 18.3 Å². The number of carbonyl (C=O) groups excluding carboxylic acids is 3. The van der Waals surface area contributed by atoms with Crippen molar-refractivity contribution in [3.63, 3.8) is 0 Å². The number of ether oxygens (including phenoxy) is 3. The number of fused-ring (bicyclic) bond motifs is 5. The van der Waals surface area contributed by atoms with Gasteiger partial charge in [-0.15, -0.1) is 11.3 Å². The summed E-state index contributed by atoms with van der Waals surface area (Å²) in [6.07, 6.45) is -6.04. The molecule has 1 aliphatic heterocycles. The number of esters is 2. The van der Waals surface area contributed by atoms with Gasteiger partial charge in [-0.1, -0.05) is 33.8 Å². The van der Waals surface area contributed by atoms with Crippen molar-refractivity contribution in [2.24, 2.45) is 16.7 Å². The van der Waals surface area contributed by atoms with E-state index in [2.05, 4.69) is 0 Å². The molecular formula is C30H40O10S. The monoisotopic (exact) mass is 592 g/mol. The highest BCUT2D eigenvalue weighted by Crippen LogP contribution is 2.63. The van der Waals surface area contributed by atoms with Gasteiger partial charge in [-0.2, -0.15) is 0 Å². The van der Waals surface area contributed by atoms with Crippen LogP contribution in [0.2, 0.25) is 0 Å². The maximum atomic E-state index is 14.2. The van der Waals surface area contributed by atoms with Gasteiger partial charge in [0.2, 0.25) is 0 Å². The van der Waals surface area contributed by atoms with Crippen LogP contribution in [0.25, 0.3) is 0 Å². The van der Waals surface area contributed by atoms with E-state index in [1.807, 2.05) is 11.4 Å². The molecule has 10 nitrogen and oxygen atoms in total. The molecule has 2 saturated carbocycles. The zero-order valence-electron chi connectivity index (χ0n) is 24.2. The summed E-state index contributed by atoms with van der Waals surface area (Å²) >= 11 is 1.39. The molecule has 0 aromatic carbocycles. The Hall–Kier alpha value is -2.15. The van der Waals surface area contributed by atoms with Gasteiger partial charge in [0.15, 0.2) is 11.9 Å². The van der Waals surface area contributed by atoms with Crippen molar-refractivity contribution in [1.29, 1.82) is 0 Å². The standard InChI is InChI=1S/C30H40O10S/c1-14-17(40-26(35)21(32)15(2)18-8-7-11-41-18)12-30(37)25(39-16(3)31)23-28(6,10-9-19-29(23,36)13-38-19)24(34)22(33)20(14)27(30,4)5/h7-8,11,15,17,19,21-23,25,32-33,36-37H,9-10,12-13H2,1-6H3/t15-,17?,19+,21+,22+,23-,25-,28+,29-,30+/m0/s1. The molecule has 5 rings (SSSR count). The summed E-state index contributed by atoms with van der Waals surface area (Å²) in [6.45, 7) is 9.33. The Balaban J connectivity index is 1.63. The van der Waals surface area contributed by atoms with Crippen molar-refractivity contribution in [3.05, 3.63) is 33.5 Å². The van der Waals surface area contributed by atoms with E-state index in [1.54, 1.807) is 40.7 Å². The number of aliphatic hydroxyl groups is 4. The maximum Gasteiger partial charge on any atom is 0.336 e. The summed E-state index contributed by atoms with van der Waals surface area (Å²) in [5.74, 6) is -3.88. The van der Waals surface area contributed by atoms with E-state index < -0.39 is 82.1 Å². The minimum absolute atomic E-state index is 0.123. The summed E-state index contributed by atoms with van der Waals surface area (Å²) in [6, 6.07) is 3.62. The Morgan fingerprint density at radius 1 is 1.20 bits per heavy atom. The largest absolute Gasteiger partial charge is 0.459 e. The van der Waals surface area contributed by atoms with Crippen LogP contribution in [0, 0.1) is 16.7 Å². The van der Waals surface area contributed by atoms with Crippen LogP contribution in [0.1, 0.15) is 71.6 Å². The number of hydrogen-bond acceptors (Lipinski definition) is 11. The van der Waals surface area contributed by atoms with Gasteiger partial charge in [0.1, 0.15) is 29.5 Å². The van der Waals surface area contributed by atoms with Crippen molar-refractivity contribution in [2.45, 2.75) is 108 Å². The second-order valence-corrected chi connectivity index (χ2v) is 14.0. The van der Waals surface area contributed by atoms with Crippen molar-refractivity contribution in [1.82, 2.24) is 0 Å². The first-order chi connectivity index (χ1) is 19.0. The molecule has 10 atom stereocenters. The summed E-state index contributed by atoms with van der Waals surface area (Å²) < 4.78 is 17.3. The highest BCUT2D eigenvalue weighted by atomic mass is 32.1.